The molecule has 182 valence electrons. The fourth-order valence-electron chi connectivity index (χ4n) is 4.43. The van der Waals surface area contributed by atoms with Crippen LogP contribution in [0.15, 0.2) is 67.4 Å². The maximum atomic E-state index is 13.2. The lowest BCUT2D eigenvalue weighted by molar-refractivity contribution is -0.111. The molecule has 0 atom stereocenters. The minimum absolute atomic E-state index is 0.0290. The van der Waals surface area contributed by atoms with Crippen molar-refractivity contribution in [1.82, 2.24) is 14.9 Å². The van der Waals surface area contributed by atoms with Gasteiger partial charge in [0.05, 0.1) is 23.9 Å². The Labute approximate surface area is 213 Å². The van der Waals surface area contributed by atoms with E-state index in [1.807, 2.05) is 54.3 Å². The lowest BCUT2D eigenvalue weighted by Crippen LogP contribution is -2.40. The normalized spacial score (nSPS) is 13.6. The maximum Gasteiger partial charge on any atom is 0.254 e. The first-order valence-corrected chi connectivity index (χ1v) is 12.0. The monoisotopic (exact) mass is 500 g/mol. The number of fused-ring (bicyclic) bond motifs is 1. The number of hydrogen-bond acceptors (Lipinski definition) is 4. The summed E-state index contributed by atoms with van der Waals surface area (Å²) in [7, 11) is 0. The number of aromatic amines is 1. The van der Waals surface area contributed by atoms with Gasteiger partial charge in [0.15, 0.2) is 0 Å². The molecule has 0 bridgehead atoms. The smallest absolute Gasteiger partial charge is 0.254 e. The van der Waals surface area contributed by atoms with Crippen molar-refractivity contribution >= 4 is 40.1 Å². The molecule has 7 nitrogen and oxygen atoms in total. The molecule has 0 saturated carbocycles. The van der Waals surface area contributed by atoms with Crippen molar-refractivity contribution in [3.8, 4) is 22.4 Å². The first-order valence-electron chi connectivity index (χ1n) is 11.6. The maximum absolute atomic E-state index is 13.2. The summed E-state index contributed by atoms with van der Waals surface area (Å²) in [6.45, 7) is 7.69. The molecule has 36 heavy (non-hydrogen) atoms. The number of H-pyrrole nitrogens is 1. The predicted molar refractivity (Wildman–Crippen MR) is 142 cm³/mol. The Morgan fingerprint density at radius 2 is 1.94 bits per heavy atom. The quantitative estimate of drug-likeness (QED) is 0.356. The van der Waals surface area contributed by atoms with Crippen molar-refractivity contribution in [2.24, 2.45) is 0 Å². The van der Waals surface area contributed by atoms with Crippen LogP contribution in [-0.2, 0) is 9.53 Å². The average Bonchev–Trinajstić information content (AvgIpc) is 3.31. The van der Waals surface area contributed by atoms with Crippen molar-refractivity contribution in [1.29, 1.82) is 0 Å². The van der Waals surface area contributed by atoms with E-state index in [9.17, 15) is 9.59 Å². The molecule has 0 unspecified atom stereocenters. The minimum Gasteiger partial charge on any atom is -0.378 e. The molecule has 0 spiro atoms. The van der Waals surface area contributed by atoms with Gasteiger partial charge in [-0.2, -0.15) is 0 Å². The summed E-state index contributed by atoms with van der Waals surface area (Å²) in [6.07, 6.45) is 2.89. The molecule has 1 saturated heterocycles. The Balaban J connectivity index is 1.66. The number of ether oxygens (including phenoxy) is 1. The van der Waals surface area contributed by atoms with E-state index >= 15 is 0 Å². The molecule has 2 aromatic heterocycles. The number of anilines is 1. The molecule has 3 heterocycles. The summed E-state index contributed by atoms with van der Waals surface area (Å²) in [5, 5.41) is 4.19. The van der Waals surface area contributed by atoms with E-state index in [2.05, 4.69) is 21.9 Å². The Hall–Kier alpha value is -3.94. The summed E-state index contributed by atoms with van der Waals surface area (Å²) in [4.78, 5) is 34.9. The third-order valence-corrected chi connectivity index (χ3v) is 6.62. The molecule has 2 N–H and O–H groups in total. The molecule has 2 amide bonds. The van der Waals surface area contributed by atoms with E-state index in [1.54, 1.807) is 12.3 Å². The largest absolute Gasteiger partial charge is 0.378 e. The van der Waals surface area contributed by atoms with Crippen LogP contribution in [0.25, 0.3) is 33.4 Å². The van der Waals surface area contributed by atoms with E-state index in [0.29, 0.717) is 48.2 Å². The number of carbonyl (C=O) groups excluding carboxylic acids is 2. The number of carbonyl (C=O) groups is 2. The van der Waals surface area contributed by atoms with Crippen LogP contribution in [0.5, 0.6) is 0 Å². The second kappa shape index (κ2) is 9.97. The second-order valence-corrected chi connectivity index (χ2v) is 9.01. The Bertz CT molecular complexity index is 1490. The highest BCUT2D eigenvalue weighted by Crippen LogP contribution is 2.42. The average molecular weight is 501 g/mol. The summed E-state index contributed by atoms with van der Waals surface area (Å²) < 4.78 is 5.39. The van der Waals surface area contributed by atoms with Crippen molar-refractivity contribution in [3.63, 3.8) is 0 Å². The first-order chi connectivity index (χ1) is 17.5. The van der Waals surface area contributed by atoms with Gasteiger partial charge in [-0.25, -0.2) is 4.98 Å². The molecule has 1 aliphatic rings. The molecule has 4 aromatic rings. The third-order valence-electron chi connectivity index (χ3n) is 6.31. The van der Waals surface area contributed by atoms with Gasteiger partial charge in [-0.05, 0) is 54.0 Å². The van der Waals surface area contributed by atoms with E-state index in [4.69, 9.17) is 16.3 Å². The van der Waals surface area contributed by atoms with E-state index in [0.717, 1.165) is 33.3 Å². The number of halogens is 1. The highest BCUT2D eigenvalue weighted by molar-refractivity contribution is 6.36. The first kappa shape index (κ1) is 23.8. The van der Waals surface area contributed by atoms with Crippen molar-refractivity contribution in [2.45, 2.75) is 6.92 Å². The standard InChI is InChI=1S/C28H25ClN4O3/c1-3-23(34)31-22-16-18(8-7-17(22)2)24-25-21(29)9-10-30-27(25)32-26(24)19-5-4-6-20(15-19)28(35)33-11-13-36-14-12-33/h3-10,15-16H,1,11-14H2,2H3,(H,30,32)(H,31,34). The van der Waals surface area contributed by atoms with Gasteiger partial charge < -0.3 is 19.9 Å². The second-order valence-electron chi connectivity index (χ2n) is 8.60. The summed E-state index contributed by atoms with van der Waals surface area (Å²) >= 11 is 6.66. The number of morpholine rings is 1. The van der Waals surface area contributed by atoms with Crippen LogP contribution in [0.3, 0.4) is 0 Å². The molecular formula is C28H25ClN4O3. The van der Waals surface area contributed by atoms with Gasteiger partial charge >= 0.3 is 0 Å². The summed E-state index contributed by atoms with van der Waals surface area (Å²) in [5.74, 6) is -0.317. The Morgan fingerprint density at radius 1 is 1.14 bits per heavy atom. The highest BCUT2D eigenvalue weighted by Gasteiger charge is 2.22. The van der Waals surface area contributed by atoms with E-state index in [1.165, 1.54) is 6.08 Å². The number of amides is 2. The third kappa shape index (κ3) is 4.51. The van der Waals surface area contributed by atoms with Crippen LogP contribution in [0.4, 0.5) is 5.69 Å². The summed E-state index contributed by atoms with van der Waals surface area (Å²) in [6, 6.07) is 15.1. The van der Waals surface area contributed by atoms with Crippen LogP contribution in [0, 0.1) is 6.92 Å². The van der Waals surface area contributed by atoms with Gasteiger partial charge in [0.25, 0.3) is 5.91 Å². The number of hydrogen-bond donors (Lipinski definition) is 2. The van der Waals surface area contributed by atoms with Gasteiger partial charge in [0.2, 0.25) is 5.91 Å². The molecule has 0 aliphatic carbocycles. The number of nitrogens with zero attached hydrogens (tertiary/aromatic N) is 2. The van der Waals surface area contributed by atoms with Gasteiger partial charge in [-0.3, -0.25) is 9.59 Å². The van der Waals surface area contributed by atoms with Gasteiger partial charge in [-0.1, -0.05) is 42.4 Å². The summed E-state index contributed by atoms with van der Waals surface area (Å²) in [5.41, 5.74) is 6.12. The molecule has 5 rings (SSSR count). The zero-order valence-electron chi connectivity index (χ0n) is 19.8. The molecule has 8 heteroatoms. The topological polar surface area (TPSA) is 87.3 Å². The number of aryl methyl sites for hydroxylation is 1. The molecule has 1 fully saturated rings. The Kier molecular flexibility index (Phi) is 6.59. The number of aromatic nitrogens is 2. The fraction of sp³-hybridized carbons (Fsp3) is 0.179. The van der Waals surface area contributed by atoms with Crippen LogP contribution in [0.2, 0.25) is 5.02 Å². The lowest BCUT2D eigenvalue weighted by atomic mass is 9.96. The molecule has 0 radical (unpaired) electrons. The zero-order chi connectivity index (χ0) is 25.2. The number of nitrogens with one attached hydrogen (secondary N) is 2. The van der Waals surface area contributed by atoms with E-state index < -0.39 is 0 Å². The number of rotatable bonds is 5. The van der Waals surface area contributed by atoms with Gasteiger partial charge in [-0.15, -0.1) is 0 Å². The SMILES string of the molecule is C=CC(=O)Nc1cc(-c2c(-c3cccc(C(=O)N4CCOCC4)c3)[nH]c3nccc(Cl)c23)ccc1C. The minimum atomic E-state index is -0.288. The highest BCUT2D eigenvalue weighted by atomic mass is 35.5. The van der Waals surface area contributed by atoms with Crippen LogP contribution in [-0.4, -0.2) is 53.0 Å². The molecule has 2 aromatic carbocycles. The molecule has 1 aliphatic heterocycles. The van der Waals surface area contributed by atoms with E-state index in [-0.39, 0.29) is 11.8 Å². The van der Waals surface area contributed by atoms with Crippen molar-refractivity contribution in [2.75, 3.05) is 31.6 Å². The lowest BCUT2D eigenvalue weighted by Gasteiger charge is -2.27. The van der Waals surface area contributed by atoms with Crippen molar-refractivity contribution in [3.05, 3.63) is 83.5 Å². The number of pyridine rings is 1. The zero-order valence-corrected chi connectivity index (χ0v) is 20.6. The van der Waals surface area contributed by atoms with Crippen LogP contribution in [0.1, 0.15) is 15.9 Å². The van der Waals surface area contributed by atoms with Crippen LogP contribution < -0.4 is 5.32 Å². The number of benzene rings is 2. The molecular weight excluding hydrogens is 476 g/mol. The van der Waals surface area contributed by atoms with Crippen molar-refractivity contribution < 1.29 is 14.3 Å². The predicted octanol–water partition coefficient (Wildman–Crippen LogP) is 5.46. The Morgan fingerprint density at radius 3 is 2.72 bits per heavy atom. The van der Waals surface area contributed by atoms with Crippen LogP contribution >= 0.6 is 11.6 Å². The van der Waals surface area contributed by atoms with Gasteiger partial charge in [0.1, 0.15) is 5.65 Å². The van der Waals surface area contributed by atoms with Gasteiger partial charge in [0, 0.05) is 41.5 Å². The fourth-order valence-corrected chi connectivity index (χ4v) is 4.67.